The van der Waals surface area contributed by atoms with Crippen molar-refractivity contribution in [3.63, 3.8) is 0 Å². The molecule has 0 atom stereocenters. The van der Waals surface area contributed by atoms with Gasteiger partial charge in [0.05, 0.1) is 17.6 Å². The molecule has 0 saturated heterocycles. The number of aryl methyl sites for hydroxylation is 1. The average molecular weight is 270 g/mol. The molecule has 0 aliphatic heterocycles. The summed E-state index contributed by atoms with van der Waals surface area (Å²) in [5.74, 6) is -4.17. The third kappa shape index (κ3) is 2.41. The Morgan fingerprint density at radius 3 is 2.74 bits per heavy atom. The molecule has 1 heterocycles. The normalized spacial score (nSPS) is 12.0. The molecular weight excluding hydrogens is 258 g/mol. The van der Waals surface area contributed by atoms with E-state index in [1.165, 1.54) is 29.7 Å². The highest BCUT2D eigenvalue weighted by Gasteiger charge is 2.30. The number of carboxylic acids is 1. The van der Waals surface area contributed by atoms with Crippen LogP contribution in [0.3, 0.4) is 0 Å². The van der Waals surface area contributed by atoms with Crippen LogP contribution in [0.25, 0.3) is 11.0 Å². The zero-order valence-corrected chi connectivity index (χ0v) is 10.1. The fourth-order valence-corrected chi connectivity index (χ4v) is 1.92. The van der Waals surface area contributed by atoms with Crippen LogP contribution in [0.2, 0.25) is 0 Å². The molecule has 19 heavy (non-hydrogen) atoms. The number of hydrogen-bond acceptors (Lipinski definition) is 3. The lowest BCUT2D eigenvalue weighted by Crippen LogP contribution is -2.28. The van der Waals surface area contributed by atoms with Gasteiger partial charge in [-0.3, -0.25) is 0 Å². The van der Waals surface area contributed by atoms with E-state index < -0.39 is 25.0 Å². The lowest BCUT2D eigenvalue weighted by molar-refractivity contribution is -0.0624. The van der Waals surface area contributed by atoms with Gasteiger partial charge in [0.1, 0.15) is 17.9 Å². The maximum Gasteiger partial charge on any atom is 0.337 e. The third-order valence-electron chi connectivity index (χ3n) is 2.82. The Labute approximate surface area is 107 Å². The molecule has 0 amide bonds. The van der Waals surface area contributed by atoms with E-state index in [0.29, 0.717) is 5.52 Å². The lowest BCUT2D eigenvalue weighted by atomic mass is 10.2. The predicted molar refractivity (Wildman–Crippen MR) is 63.5 cm³/mol. The first-order valence-corrected chi connectivity index (χ1v) is 5.53. The number of imidazole rings is 1. The van der Waals surface area contributed by atoms with Crippen LogP contribution in [-0.2, 0) is 6.54 Å². The van der Waals surface area contributed by atoms with Gasteiger partial charge in [-0.1, -0.05) is 6.07 Å². The van der Waals surface area contributed by atoms with E-state index in [9.17, 15) is 13.6 Å². The molecule has 2 N–H and O–H groups in total. The molecule has 102 valence electrons. The van der Waals surface area contributed by atoms with E-state index in [-0.39, 0.29) is 16.9 Å². The standard InChI is InChI=1S/C12H12F2N2O3/c1-7-15-10-8(11(18)19)3-2-4-9(10)16(7)5-12(13,14)6-17/h2-4,17H,5-6H2,1H3,(H,18,19). The van der Waals surface area contributed by atoms with Crippen molar-refractivity contribution in [3.05, 3.63) is 29.6 Å². The number of halogens is 2. The number of aliphatic hydroxyl groups excluding tert-OH is 1. The van der Waals surface area contributed by atoms with Crippen LogP contribution in [0.5, 0.6) is 0 Å². The van der Waals surface area contributed by atoms with Crippen LogP contribution >= 0.6 is 0 Å². The molecule has 5 nitrogen and oxygen atoms in total. The van der Waals surface area contributed by atoms with E-state index in [2.05, 4.69) is 4.98 Å². The van der Waals surface area contributed by atoms with Gasteiger partial charge in [0.2, 0.25) is 0 Å². The Balaban J connectivity index is 2.60. The van der Waals surface area contributed by atoms with Crippen molar-refractivity contribution >= 4 is 17.0 Å². The summed E-state index contributed by atoms with van der Waals surface area (Å²) in [6, 6.07) is 4.36. The second kappa shape index (κ2) is 4.58. The minimum absolute atomic E-state index is 0.0355. The van der Waals surface area contributed by atoms with Crippen LogP contribution in [0.4, 0.5) is 8.78 Å². The van der Waals surface area contributed by atoms with Gasteiger partial charge in [-0.2, -0.15) is 0 Å². The van der Waals surface area contributed by atoms with Gasteiger partial charge in [0.15, 0.2) is 0 Å². The summed E-state index contributed by atoms with van der Waals surface area (Å²) < 4.78 is 27.7. The molecule has 0 aliphatic carbocycles. The number of aromatic carboxylic acids is 1. The zero-order valence-electron chi connectivity index (χ0n) is 10.1. The van der Waals surface area contributed by atoms with Gasteiger partial charge in [-0.25, -0.2) is 18.6 Å². The van der Waals surface area contributed by atoms with E-state index >= 15 is 0 Å². The molecule has 2 aromatic rings. The van der Waals surface area contributed by atoms with E-state index in [4.69, 9.17) is 10.2 Å². The lowest BCUT2D eigenvalue weighted by Gasteiger charge is -2.15. The van der Waals surface area contributed by atoms with Crippen molar-refractivity contribution in [1.82, 2.24) is 9.55 Å². The number of para-hydroxylation sites is 1. The summed E-state index contributed by atoms with van der Waals surface area (Å²) >= 11 is 0. The SMILES string of the molecule is Cc1nc2c(C(=O)O)cccc2n1CC(F)(F)CO. The summed E-state index contributed by atoms with van der Waals surface area (Å²) in [5.41, 5.74) is 0.443. The Hall–Kier alpha value is -2.02. The summed E-state index contributed by atoms with van der Waals surface area (Å²) in [4.78, 5) is 15.1. The maximum absolute atomic E-state index is 13.3. The van der Waals surface area contributed by atoms with E-state index in [0.717, 1.165) is 0 Å². The van der Waals surface area contributed by atoms with Crippen LogP contribution in [-0.4, -0.2) is 38.3 Å². The number of nitrogens with zero attached hydrogens (tertiary/aromatic N) is 2. The number of carboxylic acid groups (broad SMARTS) is 1. The monoisotopic (exact) mass is 270 g/mol. The molecule has 0 unspecified atom stereocenters. The minimum Gasteiger partial charge on any atom is -0.478 e. The number of aliphatic hydroxyl groups is 1. The number of aromatic nitrogens is 2. The second-order valence-corrected chi connectivity index (χ2v) is 4.24. The molecule has 0 saturated carbocycles. The summed E-state index contributed by atoms with van der Waals surface area (Å²) in [6.07, 6.45) is 0. The Kier molecular flexibility index (Phi) is 3.23. The zero-order chi connectivity index (χ0) is 14.2. The van der Waals surface area contributed by atoms with Crippen molar-refractivity contribution in [2.45, 2.75) is 19.4 Å². The van der Waals surface area contributed by atoms with Gasteiger partial charge in [0.25, 0.3) is 5.92 Å². The molecule has 1 aromatic carbocycles. The maximum atomic E-state index is 13.3. The third-order valence-corrected chi connectivity index (χ3v) is 2.82. The predicted octanol–water partition coefficient (Wildman–Crippen LogP) is 1.67. The molecule has 2 rings (SSSR count). The molecule has 0 bridgehead atoms. The van der Waals surface area contributed by atoms with Crippen LogP contribution in [0.15, 0.2) is 18.2 Å². The van der Waals surface area contributed by atoms with Crippen LogP contribution < -0.4 is 0 Å². The van der Waals surface area contributed by atoms with Crippen molar-refractivity contribution in [2.24, 2.45) is 0 Å². The molecule has 0 fully saturated rings. The number of fused-ring (bicyclic) bond motifs is 1. The smallest absolute Gasteiger partial charge is 0.337 e. The van der Waals surface area contributed by atoms with E-state index in [1.807, 2.05) is 0 Å². The van der Waals surface area contributed by atoms with Crippen LogP contribution in [0, 0.1) is 6.92 Å². The Morgan fingerprint density at radius 2 is 2.16 bits per heavy atom. The Bertz CT molecular complexity index is 637. The molecule has 0 aliphatic rings. The van der Waals surface area contributed by atoms with Crippen molar-refractivity contribution in [2.75, 3.05) is 6.61 Å². The molecule has 0 spiro atoms. The number of hydrogen-bond donors (Lipinski definition) is 2. The van der Waals surface area contributed by atoms with Gasteiger partial charge in [-0.05, 0) is 19.1 Å². The number of carbonyl (C=O) groups is 1. The fraction of sp³-hybridized carbons (Fsp3) is 0.333. The highest BCUT2D eigenvalue weighted by Crippen LogP contribution is 2.24. The molecule has 0 radical (unpaired) electrons. The highest BCUT2D eigenvalue weighted by atomic mass is 19.3. The number of rotatable bonds is 4. The molecule has 7 heteroatoms. The minimum atomic E-state index is -3.28. The Morgan fingerprint density at radius 1 is 1.47 bits per heavy atom. The summed E-state index contributed by atoms with van der Waals surface area (Å²) in [5, 5.41) is 17.6. The fourth-order valence-electron chi connectivity index (χ4n) is 1.92. The van der Waals surface area contributed by atoms with Gasteiger partial charge >= 0.3 is 5.97 Å². The molecule has 1 aromatic heterocycles. The molecular formula is C12H12F2N2O3. The number of benzene rings is 1. The summed E-state index contributed by atoms with van der Waals surface area (Å²) in [6.45, 7) is -0.501. The highest BCUT2D eigenvalue weighted by molar-refractivity contribution is 6.01. The van der Waals surface area contributed by atoms with Crippen molar-refractivity contribution in [3.8, 4) is 0 Å². The first-order chi connectivity index (χ1) is 8.85. The van der Waals surface area contributed by atoms with Crippen LogP contribution in [0.1, 0.15) is 16.2 Å². The quantitative estimate of drug-likeness (QED) is 0.886. The van der Waals surface area contributed by atoms with Crippen molar-refractivity contribution in [1.29, 1.82) is 0 Å². The summed E-state index contributed by atoms with van der Waals surface area (Å²) in [7, 11) is 0. The largest absolute Gasteiger partial charge is 0.478 e. The van der Waals surface area contributed by atoms with Gasteiger partial charge in [-0.15, -0.1) is 0 Å². The second-order valence-electron chi connectivity index (χ2n) is 4.24. The van der Waals surface area contributed by atoms with Gasteiger partial charge < -0.3 is 14.8 Å². The average Bonchev–Trinajstić information content (AvgIpc) is 2.65. The van der Waals surface area contributed by atoms with Gasteiger partial charge in [0, 0.05) is 0 Å². The first-order valence-electron chi connectivity index (χ1n) is 5.53. The number of alkyl halides is 2. The van der Waals surface area contributed by atoms with E-state index in [1.54, 1.807) is 0 Å². The first kappa shape index (κ1) is 13.4. The topological polar surface area (TPSA) is 75.3 Å². The van der Waals surface area contributed by atoms with Crippen molar-refractivity contribution < 1.29 is 23.8 Å².